The Labute approximate surface area is 219 Å². The number of nitrogens with zero attached hydrogens (tertiary/aromatic N) is 2. The van der Waals surface area contributed by atoms with Crippen molar-refractivity contribution in [3.05, 3.63) is 95.5 Å². The van der Waals surface area contributed by atoms with Crippen molar-refractivity contribution < 1.29 is 13.5 Å². The molecule has 0 bridgehead atoms. The van der Waals surface area contributed by atoms with Crippen molar-refractivity contribution in [1.29, 1.82) is 0 Å². The molecule has 0 amide bonds. The van der Waals surface area contributed by atoms with E-state index in [-0.39, 0.29) is 17.0 Å². The molecule has 1 aliphatic carbocycles. The summed E-state index contributed by atoms with van der Waals surface area (Å²) in [7, 11) is -3.77. The Morgan fingerprint density at radius 2 is 1.44 bits per heavy atom. The van der Waals surface area contributed by atoms with Crippen LogP contribution in [0.15, 0.2) is 89.8 Å². The highest BCUT2D eigenvalue weighted by Gasteiger charge is 2.45. The third-order valence-corrected chi connectivity index (χ3v) is 9.91. The Bertz CT molecular complexity index is 1250. The van der Waals surface area contributed by atoms with Crippen molar-refractivity contribution in [2.24, 2.45) is 0 Å². The summed E-state index contributed by atoms with van der Waals surface area (Å²) in [5.41, 5.74) is 0.776. The van der Waals surface area contributed by atoms with E-state index in [2.05, 4.69) is 4.90 Å². The van der Waals surface area contributed by atoms with Crippen LogP contribution in [0.3, 0.4) is 0 Å². The third-order valence-electron chi connectivity index (χ3n) is 7.76. The number of hydrogen-bond donors (Lipinski definition) is 1. The molecule has 1 N–H and O–H groups in total. The van der Waals surface area contributed by atoms with Crippen LogP contribution in [0.25, 0.3) is 0 Å². The molecule has 190 valence electrons. The van der Waals surface area contributed by atoms with E-state index in [1.807, 2.05) is 60.7 Å². The number of halogens is 1. The molecular formula is C29H33ClN2O3S. The van der Waals surface area contributed by atoms with Crippen molar-refractivity contribution in [2.75, 3.05) is 17.4 Å². The summed E-state index contributed by atoms with van der Waals surface area (Å²) in [6.07, 6.45) is 5.21. The summed E-state index contributed by atoms with van der Waals surface area (Å²) >= 11 is 6.03. The van der Waals surface area contributed by atoms with Gasteiger partial charge in [-0.1, -0.05) is 73.0 Å². The zero-order chi connectivity index (χ0) is 25.2. The van der Waals surface area contributed by atoms with Crippen LogP contribution in [0.2, 0.25) is 5.02 Å². The predicted octanol–water partition coefficient (Wildman–Crippen LogP) is 5.83. The zero-order valence-corrected chi connectivity index (χ0v) is 21.9. The highest BCUT2D eigenvalue weighted by molar-refractivity contribution is 7.92. The van der Waals surface area contributed by atoms with Crippen molar-refractivity contribution in [1.82, 2.24) is 4.90 Å². The number of hydrogen-bond acceptors (Lipinski definition) is 4. The van der Waals surface area contributed by atoms with Crippen LogP contribution in [0.4, 0.5) is 5.69 Å². The second-order valence-electron chi connectivity index (χ2n) is 9.91. The minimum absolute atomic E-state index is 0.0349. The van der Waals surface area contributed by atoms with Crippen molar-refractivity contribution >= 4 is 27.3 Å². The average Bonchev–Trinajstić information content (AvgIpc) is 2.91. The van der Waals surface area contributed by atoms with Gasteiger partial charge in [-0.15, -0.1) is 0 Å². The molecule has 0 aromatic heterocycles. The first kappa shape index (κ1) is 25.3. The van der Waals surface area contributed by atoms with Crippen LogP contribution >= 0.6 is 11.6 Å². The number of benzene rings is 3. The standard InChI is InChI=1S/C29H33ClN2O3S/c30-24-14-16-27(17-15-24)36(34,35)32(25-11-5-2-6-12-25)26-18-21-31(22-19-26)28-13-7-8-20-29(28,33)23-9-3-1-4-10-23/h1-6,9-12,14-17,26,28,33H,7-8,13,18-22H2/t28-,29+/m1/s1. The molecule has 1 heterocycles. The Morgan fingerprint density at radius 3 is 2.08 bits per heavy atom. The second-order valence-corrected chi connectivity index (χ2v) is 12.2. The van der Waals surface area contributed by atoms with Gasteiger partial charge in [-0.3, -0.25) is 9.21 Å². The van der Waals surface area contributed by atoms with E-state index in [4.69, 9.17) is 11.6 Å². The molecule has 3 aromatic carbocycles. The Morgan fingerprint density at radius 1 is 0.833 bits per heavy atom. The summed E-state index contributed by atoms with van der Waals surface area (Å²) in [4.78, 5) is 2.63. The Kier molecular flexibility index (Phi) is 7.40. The molecule has 5 rings (SSSR count). The van der Waals surface area contributed by atoms with Gasteiger partial charge >= 0.3 is 0 Å². The maximum atomic E-state index is 13.8. The first-order chi connectivity index (χ1) is 17.4. The van der Waals surface area contributed by atoms with Gasteiger partial charge in [0, 0.05) is 30.2 Å². The first-order valence-electron chi connectivity index (χ1n) is 12.8. The molecular weight excluding hydrogens is 492 g/mol. The molecule has 1 saturated carbocycles. The van der Waals surface area contributed by atoms with Gasteiger partial charge in [0.1, 0.15) is 5.60 Å². The van der Waals surface area contributed by atoms with Crippen LogP contribution < -0.4 is 4.31 Å². The van der Waals surface area contributed by atoms with Gasteiger partial charge in [-0.2, -0.15) is 0 Å². The molecule has 36 heavy (non-hydrogen) atoms. The minimum atomic E-state index is -3.77. The molecule has 2 fully saturated rings. The van der Waals surface area contributed by atoms with E-state index in [1.54, 1.807) is 28.6 Å². The average molecular weight is 525 g/mol. The molecule has 0 unspecified atom stereocenters. The largest absolute Gasteiger partial charge is 0.384 e. The van der Waals surface area contributed by atoms with E-state index in [1.165, 1.54) is 0 Å². The summed E-state index contributed by atoms with van der Waals surface area (Å²) < 4.78 is 29.3. The number of piperidine rings is 1. The molecule has 2 atom stereocenters. The lowest BCUT2D eigenvalue weighted by Gasteiger charge is -2.49. The maximum Gasteiger partial charge on any atom is 0.264 e. The summed E-state index contributed by atoms with van der Waals surface area (Å²) in [6, 6.07) is 25.6. The monoisotopic (exact) mass is 524 g/mol. The van der Waals surface area contributed by atoms with Crippen LogP contribution in [0.1, 0.15) is 44.1 Å². The van der Waals surface area contributed by atoms with E-state index in [0.29, 0.717) is 23.6 Å². The molecule has 0 spiro atoms. The summed E-state index contributed by atoms with van der Waals surface area (Å²) in [5, 5.41) is 12.4. The molecule has 1 saturated heterocycles. The molecule has 3 aromatic rings. The van der Waals surface area contributed by atoms with Crippen molar-refractivity contribution in [3.63, 3.8) is 0 Å². The smallest absolute Gasteiger partial charge is 0.264 e. The lowest BCUT2D eigenvalue weighted by atomic mass is 9.74. The number of likely N-dealkylation sites (tertiary alicyclic amines) is 1. The van der Waals surface area contributed by atoms with E-state index >= 15 is 0 Å². The lowest BCUT2D eigenvalue weighted by molar-refractivity contribution is -0.0849. The van der Waals surface area contributed by atoms with Gasteiger partial charge in [0.25, 0.3) is 10.0 Å². The quantitative estimate of drug-likeness (QED) is 0.440. The maximum absolute atomic E-state index is 13.8. The fourth-order valence-corrected chi connectivity index (χ4v) is 7.79. The molecule has 0 radical (unpaired) electrons. The molecule has 5 nitrogen and oxygen atoms in total. The van der Waals surface area contributed by atoms with Gasteiger partial charge in [0.2, 0.25) is 0 Å². The van der Waals surface area contributed by atoms with E-state index in [0.717, 1.165) is 44.3 Å². The SMILES string of the molecule is O=S(=O)(c1ccc(Cl)cc1)N(c1ccccc1)C1CCN([C@@H]2CCCC[C@]2(O)c2ccccc2)CC1. The number of sulfonamides is 1. The minimum Gasteiger partial charge on any atom is -0.384 e. The number of anilines is 1. The van der Waals surface area contributed by atoms with Crippen LogP contribution in [-0.2, 0) is 15.6 Å². The highest BCUT2D eigenvalue weighted by Crippen LogP contribution is 2.41. The highest BCUT2D eigenvalue weighted by atomic mass is 35.5. The molecule has 1 aliphatic heterocycles. The topological polar surface area (TPSA) is 60.9 Å². The van der Waals surface area contributed by atoms with Gasteiger partial charge in [-0.25, -0.2) is 8.42 Å². The predicted molar refractivity (Wildman–Crippen MR) is 145 cm³/mol. The first-order valence-corrected chi connectivity index (χ1v) is 14.6. The van der Waals surface area contributed by atoms with Gasteiger partial charge in [0.05, 0.1) is 10.6 Å². The Balaban J connectivity index is 1.40. The third kappa shape index (κ3) is 4.92. The van der Waals surface area contributed by atoms with E-state index < -0.39 is 15.6 Å². The van der Waals surface area contributed by atoms with Gasteiger partial charge in [0.15, 0.2) is 0 Å². The van der Waals surface area contributed by atoms with Crippen molar-refractivity contribution in [3.8, 4) is 0 Å². The number of para-hydroxylation sites is 1. The molecule has 7 heteroatoms. The molecule has 2 aliphatic rings. The van der Waals surface area contributed by atoms with Crippen LogP contribution in [0.5, 0.6) is 0 Å². The second kappa shape index (κ2) is 10.5. The zero-order valence-electron chi connectivity index (χ0n) is 20.3. The normalized spacial score (nSPS) is 23.9. The number of aliphatic hydroxyl groups is 1. The lowest BCUT2D eigenvalue weighted by Crippen LogP contribution is -2.57. The summed E-state index contributed by atoms with van der Waals surface area (Å²) in [5.74, 6) is 0. The number of rotatable bonds is 6. The fraction of sp³-hybridized carbons (Fsp3) is 0.379. The summed E-state index contributed by atoms with van der Waals surface area (Å²) in [6.45, 7) is 1.48. The van der Waals surface area contributed by atoms with Gasteiger partial charge in [-0.05, 0) is 67.6 Å². The van der Waals surface area contributed by atoms with E-state index in [9.17, 15) is 13.5 Å². The van der Waals surface area contributed by atoms with Crippen LogP contribution in [0, 0.1) is 0 Å². The van der Waals surface area contributed by atoms with Crippen molar-refractivity contribution in [2.45, 2.75) is 61.1 Å². The van der Waals surface area contributed by atoms with Crippen LogP contribution in [-0.4, -0.2) is 43.6 Å². The fourth-order valence-electron chi connectivity index (χ4n) is 5.96. The Hall–Kier alpha value is -2.38. The van der Waals surface area contributed by atoms with Gasteiger partial charge < -0.3 is 5.11 Å².